The molecule has 0 aliphatic carbocycles. The molecule has 1 aromatic carbocycles. The Morgan fingerprint density at radius 2 is 2.35 bits per heavy atom. The van der Waals surface area contributed by atoms with Crippen LogP contribution in [0.15, 0.2) is 35.8 Å². The highest BCUT2D eigenvalue weighted by Crippen LogP contribution is 2.24. The molecule has 1 amide bonds. The lowest BCUT2D eigenvalue weighted by Gasteiger charge is -2.32. The van der Waals surface area contributed by atoms with Crippen molar-refractivity contribution >= 4 is 17.2 Å². The monoisotopic (exact) mass is 331 g/mol. The Kier molecular flexibility index (Phi) is 5.05. The summed E-state index contributed by atoms with van der Waals surface area (Å²) in [6.45, 7) is 3.26. The molecule has 1 aromatic heterocycles. The zero-order valence-electron chi connectivity index (χ0n) is 13.4. The maximum atomic E-state index is 12.1. The fourth-order valence-corrected chi connectivity index (χ4v) is 3.39. The average Bonchev–Trinajstić information content (AvgIpc) is 3.09. The molecular formula is C17H21N3O2S. The lowest BCUT2D eigenvalue weighted by atomic mass is 10.1. The SMILES string of the molecule is CN(C)C(=O)c1cccc(CN2CCO[C@@H](c3nccs3)C2)c1. The third-order valence-corrected chi connectivity index (χ3v) is 4.73. The number of rotatable bonds is 4. The minimum Gasteiger partial charge on any atom is -0.368 e. The van der Waals surface area contributed by atoms with Gasteiger partial charge in [0.1, 0.15) is 11.1 Å². The predicted octanol–water partition coefficient (Wildman–Crippen LogP) is 2.42. The molecule has 1 aliphatic rings. The highest BCUT2D eigenvalue weighted by Gasteiger charge is 2.23. The van der Waals surface area contributed by atoms with Crippen LogP contribution in [0, 0.1) is 0 Å². The van der Waals surface area contributed by atoms with Crippen LogP contribution in [0.25, 0.3) is 0 Å². The van der Waals surface area contributed by atoms with Crippen LogP contribution in [0.2, 0.25) is 0 Å². The summed E-state index contributed by atoms with van der Waals surface area (Å²) in [6.07, 6.45) is 1.87. The fraction of sp³-hybridized carbons (Fsp3) is 0.412. The Labute approximate surface area is 140 Å². The summed E-state index contributed by atoms with van der Waals surface area (Å²) >= 11 is 1.63. The van der Waals surface area contributed by atoms with E-state index < -0.39 is 0 Å². The van der Waals surface area contributed by atoms with Gasteiger partial charge in [-0.15, -0.1) is 11.3 Å². The van der Waals surface area contributed by atoms with E-state index in [1.807, 2.05) is 29.8 Å². The van der Waals surface area contributed by atoms with Gasteiger partial charge in [0.15, 0.2) is 0 Å². The van der Waals surface area contributed by atoms with Gasteiger partial charge in [-0.25, -0.2) is 4.98 Å². The number of ether oxygens (including phenoxy) is 1. The molecule has 3 rings (SSSR count). The van der Waals surface area contributed by atoms with Crippen LogP contribution in [-0.4, -0.2) is 54.5 Å². The van der Waals surface area contributed by atoms with Crippen molar-refractivity contribution in [1.82, 2.24) is 14.8 Å². The Hall–Kier alpha value is -1.76. The number of benzene rings is 1. The second-order valence-electron chi connectivity index (χ2n) is 5.86. The minimum absolute atomic E-state index is 0.0366. The van der Waals surface area contributed by atoms with E-state index in [0.717, 1.165) is 35.8 Å². The molecule has 1 saturated heterocycles. The van der Waals surface area contributed by atoms with Crippen LogP contribution in [0.5, 0.6) is 0 Å². The number of carbonyl (C=O) groups is 1. The summed E-state index contributed by atoms with van der Waals surface area (Å²) < 4.78 is 5.83. The topological polar surface area (TPSA) is 45.7 Å². The number of hydrogen-bond donors (Lipinski definition) is 0. The molecule has 6 heteroatoms. The molecule has 122 valence electrons. The van der Waals surface area contributed by atoms with Gasteiger partial charge in [-0.3, -0.25) is 9.69 Å². The van der Waals surface area contributed by atoms with E-state index in [0.29, 0.717) is 6.61 Å². The molecular weight excluding hydrogens is 310 g/mol. The molecule has 0 saturated carbocycles. The number of nitrogens with zero attached hydrogens (tertiary/aromatic N) is 3. The van der Waals surface area contributed by atoms with Crippen LogP contribution in [0.3, 0.4) is 0 Å². The van der Waals surface area contributed by atoms with Crippen molar-refractivity contribution in [2.24, 2.45) is 0 Å². The first kappa shape index (κ1) is 16.1. The van der Waals surface area contributed by atoms with Crippen LogP contribution in [0.1, 0.15) is 27.0 Å². The molecule has 1 atom stereocenters. The van der Waals surface area contributed by atoms with Gasteiger partial charge in [-0.2, -0.15) is 0 Å². The summed E-state index contributed by atoms with van der Waals surface area (Å²) in [5, 5.41) is 3.01. The highest BCUT2D eigenvalue weighted by molar-refractivity contribution is 7.09. The Morgan fingerprint density at radius 3 is 3.09 bits per heavy atom. The van der Waals surface area contributed by atoms with Gasteiger partial charge in [-0.1, -0.05) is 12.1 Å². The molecule has 1 aliphatic heterocycles. The molecule has 2 heterocycles. The molecule has 23 heavy (non-hydrogen) atoms. The van der Waals surface area contributed by atoms with Gasteiger partial charge in [0, 0.05) is 50.9 Å². The van der Waals surface area contributed by atoms with Crippen molar-refractivity contribution in [3.8, 4) is 0 Å². The molecule has 0 unspecified atom stereocenters. The van der Waals surface area contributed by atoms with Crippen molar-refractivity contribution < 1.29 is 9.53 Å². The van der Waals surface area contributed by atoms with Gasteiger partial charge >= 0.3 is 0 Å². The summed E-state index contributed by atoms with van der Waals surface area (Å²) in [4.78, 5) is 20.4. The first-order valence-electron chi connectivity index (χ1n) is 7.67. The number of morpholine rings is 1. The number of carbonyl (C=O) groups excluding carboxylic acids is 1. The van der Waals surface area contributed by atoms with Crippen molar-refractivity contribution in [3.63, 3.8) is 0 Å². The van der Waals surface area contributed by atoms with Gasteiger partial charge in [0.2, 0.25) is 0 Å². The number of amides is 1. The first-order chi connectivity index (χ1) is 11.1. The van der Waals surface area contributed by atoms with E-state index >= 15 is 0 Å². The predicted molar refractivity (Wildman–Crippen MR) is 90.5 cm³/mol. The van der Waals surface area contributed by atoms with Crippen molar-refractivity contribution in [1.29, 1.82) is 0 Å². The number of thiazole rings is 1. The van der Waals surface area contributed by atoms with E-state index in [2.05, 4.69) is 16.0 Å². The summed E-state index contributed by atoms with van der Waals surface area (Å²) in [5.41, 5.74) is 1.88. The largest absolute Gasteiger partial charge is 0.368 e. The van der Waals surface area contributed by atoms with E-state index in [4.69, 9.17) is 4.74 Å². The summed E-state index contributed by atoms with van der Waals surface area (Å²) in [5.74, 6) is 0.0366. The standard InChI is InChI=1S/C17H21N3O2S/c1-19(2)17(21)14-5-3-4-13(10-14)11-20-7-8-22-15(12-20)16-18-6-9-23-16/h3-6,9-10,15H,7-8,11-12H2,1-2H3/t15-/m1/s1. The van der Waals surface area contributed by atoms with E-state index in [9.17, 15) is 4.79 Å². The summed E-state index contributed by atoms with van der Waals surface area (Å²) in [7, 11) is 3.55. The zero-order valence-corrected chi connectivity index (χ0v) is 14.3. The van der Waals surface area contributed by atoms with Gasteiger partial charge in [0.25, 0.3) is 5.91 Å². The Bertz CT molecular complexity index is 658. The molecule has 0 spiro atoms. The first-order valence-corrected chi connectivity index (χ1v) is 8.55. The average molecular weight is 331 g/mol. The van der Waals surface area contributed by atoms with E-state index in [1.54, 1.807) is 30.3 Å². The van der Waals surface area contributed by atoms with Gasteiger partial charge < -0.3 is 9.64 Å². The molecule has 1 fully saturated rings. The number of aromatic nitrogens is 1. The van der Waals surface area contributed by atoms with Crippen molar-refractivity contribution in [2.75, 3.05) is 33.8 Å². The van der Waals surface area contributed by atoms with Gasteiger partial charge in [-0.05, 0) is 17.7 Å². The summed E-state index contributed by atoms with van der Waals surface area (Å²) in [6, 6.07) is 7.87. The third-order valence-electron chi connectivity index (χ3n) is 3.86. The molecule has 5 nitrogen and oxygen atoms in total. The maximum absolute atomic E-state index is 12.1. The third kappa shape index (κ3) is 3.96. The maximum Gasteiger partial charge on any atom is 0.253 e. The molecule has 0 radical (unpaired) electrons. The van der Waals surface area contributed by atoms with E-state index in [-0.39, 0.29) is 12.0 Å². The Morgan fingerprint density at radius 1 is 1.48 bits per heavy atom. The van der Waals surface area contributed by atoms with Gasteiger partial charge in [0.05, 0.1) is 6.61 Å². The second kappa shape index (κ2) is 7.21. The lowest BCUT2D eigenvalue weighted by Crippen LogP contribution is -2.37. The van der Waals surface area contributed by atoms with Crippen molar-refractivity contribution in [3.05, 3.63) is 52.0 Å². The van der Waals surface area contributed by atoms with Crippen LogP contribution in [-0.2, 0) is 11.3 Å². The Balaban J connectivity index is 1.67. The normalized spacial score (nSPS) is 18.8. The molecule has 0 bridgehead atoms. The number of hydrogen-bond acceptors (Lipinski definition) is 5. The highest BCUT2D eigenvalue weighted by atomic mass is 32.1. The smallest absolute Gasteiger partial charge is 0.253 e. The van der Waals surface area contributed by atoms with Crippen molar-refractivity contribution in [2.45, 2.75) is 12.6 Å². The molecule has 2 aromatic rings. The fourth-order valence-electron chi connectivity index (χ4n) is 2.71. The lowest BCUT2D eigenvalue weighted by molar-refractivity contribution is -0.0330. The van der Waals surface area contributed by atoms with E-state index in [1.165, 1.54) is 0 Å². The second-order valence-corrected chi connectivity index (χ2v) is 6.79. The van der Waals surface area contributed by atoms with Crippen LogP contribution < -0.4 is 0 Å². The quantitative estimate of drug-likeness (QED) is 0.863. The minimum atomic E-state index is 0.0366. The van der Waals surface area contributed by atoms with Crippen LogP contribution >= 0.6 is 11.3 Å². The van der Waals surface area contributed by atoms with Crippen LogP contribution in [0.4, 0.5) is 0 Å². The molecule has 0 N–H and O–H groups in total. The zero-order chi connectivity index (χ0) is 16.2.